The third-order valence-corrected chi connectivity index (χ3v) is 6.93. The molecule has 6 heteroatoms. The van der Waals surface area contributed by atoms with Gasteiger partial charge in [-0.15, -0.1) is 0 Å². The van der Waals surface area contributed by atoms with E-state index in [1.54, 1.807) is 6.92 Å². The molecule has 3 aliphatic rings. The van der Waals surface area contributed by atoms with E-state index >= 15 is 0 Å². The van der Waals surface area contributed by atoms with E-state index in [-0.39, 0.29) is 11.9 Å². The van der Waals surface area contributed by atoms with Gasteiger partial charge in [0.2, 0.25) is 0 Å². The fourth-order valence-electron chi connectivity index (χ4n) is 4.98. The number of piperidine rings is 1. The highest BCUT2D eigenvalue weighted by Crippen LogP contribution is 2.42. The van der Waals surface area contributed by atoms with Crippen LogP contribution in [0.3, 0.4) is 0 Å². The molecule has 1 spiro atoms. The lowest BCUT2D eigenvalue weighted by atomic mass is 9.82. The van der Waals surface area contributed by atoms with Crippen LogP contribution in [0.4, 0.5) is 5.69 Å². The second-order valence-corrected chi connectivity index (χ2v) is 8.79. The molecule has 6 nitrogen and oxygen atoms in total. The van der Waals surface area contributed by atoms with E-state index in [4.69, 9.17) is 4.74 Å². The van der Waals surface area contributed by atoms with Gasteiger partial charge < -0.3 is 19.4 Å². The summed E-state index contributed by atoms with van der Waals surface area (Å²) in [5, 5.41) is 0. The van der Waals surface area contributed by atoms with Crippen LogP contribution in [0.1, 0.15) is 38.7 Å². The number of likely N-dealkylation sites (tertiary alicyclic amines) is 1. The number of rotatable bonds is 3. The van der Waals surface area contributed by atoms with Crippen molar-refractivity contribution in [1.29, 1.82) is 0 Å². The number of benzene rings is 1. The Bertz CT molecular complexity index is 838. The van der Waals surface area contributed by atoms with E-state index in [1.807, 2.05) is 4.90 Å². The molecule has 1 aromatic carbocycles. The number of carbonyl (C=O) groups is 2. The molecule has 0 aliphatic carbocycles. The van der Waals surface area contributed by atoms with Crippen molar-refractivity contribution in [3.63, 3.8) is 0 Å². The molecule has 3 aliphatic heterocycles. The summed E-state index contributed by atoms with van der Waals surface area (Å²) in [4.78, 5) is 32.7. The molecular weight excluding hydrogens is 378 g/mol. The summed E-state index contributed by atoms with van der Waals surface area (Å²) in [7, 11) is 0. The summed E-state index contributed by atoms with van der Waals surface area (Å²) < 4.78 is 5.85. The van der Waals surface area contributed by atoms with Gasteiger partial charge in [0.15, 0.2) is 0 Å². The van der Waals surface area contributed by atoms with E-state index in [9.17, 15) is 9.59 Å². The molecular formula is C24H33N3O3. The highest BCUT2D eigenvalue weighted by Gasteiger charge is 2.51. The zero-order valence-corrected chi connectivity index (χ0v) is 18.4. The Morgan fingerprint density at radius 1 is 1.00 bits per heavy atom. The minimum absolute atomic E-state index is 0.00551. The number of nitrogens with zero attached hydrogens (tertiary/aromatic N) is 3. The molecule has 0 radical (unpaired) electrons. The van der Waals surface area contributed by atoms with Gasteiger partial charge in [0.1, 0.15) is 5.60 Å². The standard InChI is InChI=1S/C24H33N3O3/c1-4-25-14-10-24(11-15-25)21(19(3)23(29)30-24)22(28)27-13-5-12-26(16-17-27)20-8-6-18(2)7-9-20/h6-9H,4-5,10-17H2,1-3H3. The molecule has 0 unspecified atom stereocenters. The van der Waals surface area contributed by atoms with Crippen LogP contribution in [0, 0.1) is 6.92 Å². The van der Waals surface area contributed by atoms with Crippen molar-refractivity contribution in [1.82, 2.24) is 9.80 Å². The number of hydrogen-bond acceptors (Lipinski definition) is 5. The number of hydrogen-bond donors (Lipinski definition) is 0. The maximum Gasteiger partial charge on any atom is 0.335 e. The molecule has 1 amide bonds. The fraction of sp³-hybridized carbons (Fsp3) is 0.583. The van der Waals surface area contributed by atoms with Gasteiger partial charge in [-0.25, -0.2) is 4.79 Å². The Labute approximate surface area is 179 Å². The van der Waals surface area contributed by atoms with Crippen LogP contribution < -0.4 is 4.90 Å². The third kappa shape index (κ3) is 3.85. The first-order chi connectivity index (χ1) is 14.4. The summed E-state index contributed by atoms with van der Waals surface area (Å²) >= 11 is 0. The molecule has 30 heavy (non-hydrogen) atoms. The van der Waals surface area contributed by atoms with Crippen LogP contribution in [-0.2, 0) is 14.3 Å². The molecule has 1 aromatic rings. The number of amides is 1. The van der Waals surface area contributed by atoms with Gasteiger partial charge in [0.25, 0.3) is 5.91 Å². The average molecular weight is 412 g/mol. The van der Waals surface area contributed by atoms with Crippen molar-refractivity contribution in [2.75, 3.05) is 50.7 Å². The van der Waals surface area contributed by atoms with Gasteiger partial charge in [-0.2, -0.15) is 0 Å². The Balaban J connectivity index is 1.50. The minimum Gasteiger partial charge on any atom is -0.450 e. The number of ether oxygens (including phenoxy) is 1. The molecule has 4 rings (SSSR count). The first-order valence-corrected chi connectivity index (χ1v) is 11.2. The zero-order chi connectivity index (χ0) is 21.3. The molecule has 0 aromatic heterocycles. The lowest BCUT2D eigenvalue weighted by molar-refractivity contribution is -0.151. The highest BCUT2D eigenvalue weighted by atomic mass is 16.6. The van der Waals surface area contributed by atoms with Gasteiger partial charge >= 0.3 is 5.97 Å². The second-order valence-electron chi connectivity index (χ2n) is 8.79. The summed E-state index contributed by atoms with van der Waals surface area (Å²) in [6.45, 7) is 11.8. The summed E-state index contributed by atoms with van der Waals surface area (Å²) in [6.07, 6.45) is 2.32. The number of anilines is 1. The first kappa shape index (κ1) is 20.9. The second kappa shape index (κ2) is 8.42. The van der Waals surface area contributed by atoms with Crippen LogP contribution in [0.2, 0.25) is 0 Å². The smallest absolute Gasteiger partial charge is 0.335 e. The van der Waals surface area contributed by atoms with Crippen molar-refractivity contribution in [3.8, 4) is 0 Å². The van der Waals surface area contributed by atoms with Crippen molar-refractivity contribution in [2.24, 2.45) is 0 Å². The lowest BCUT2D eigenvalue weighted by Gasteiger charge is -2.40. The average Bonchev–Trinajstić information content (AvgIpc) is 2.91. The van der Waals surface area contributed by atoms with Crippen molar-refractivity contribution in [2.45, 2.75) is 45.6 Å². The molecule has 0 N–H and O–H groups in total. The van der Waals surface area contributed by atoms with Crippen molar-refractivity contribution in [3.05, 3.63) is 41.0 Å². The third-order valence-electron chi connectivity index (χ3n) is 6.93. The topological polar surface area (TPSA) is 53.1 Å². The fourth-order valence-corrected chi connectivity index (χ4v) is 4.98. The summed E-state index contributed by atoms with van der Waals surface area (Å²) in [6, 6.07) is 8.56. The van der Waals surface area contributed by atoms with Gasteiger partial charge in [-0.3, -0.25) is 4.79 Å². The predicted octanol–water partition coefficient (Wildman–Crippen LogP) is 2.76. The van der Waals surface area contributed by atoms with Gasteiger partial charge in [0.05, 0.1) is 5.57 Å². The summed E-state index contributed by atoms with van der Waals surface area (Å²) in [5.41, 5.74) is 2.84. The maximum absolute atomic E-state index is 13.6. The SMILES string of the molecule is CCN1CCC2(CC1)OC(=O)C(C)=C2C(=O)N1CCCN(c2ccc(C)cc2)CC1. The maximum atomic E-state index is 13.6. The van der Waals surface area contributed by atoms with Gasteiger partial charge in [-0.05, 0) is 38.9 Å². The zero-order valence-electron chi connectivity index (χ0n) is 18.4. The highest BCUT2D eigenvalue weighted by molar-refractivity contribution is 6.07. The monoisotopic (exact) mass is 411 g/mol. The van der Waals surface area contributed by atoms with Crippen LogP contribution in [0.25, 0.3) is 0 Å². The molecule has 2 saturated heterocycles. The van der Waals surface area contributed by atoms with Gasteiger partial charge in [0, 0.05) is 63.4 Å². The molecule has 0 bridgehead atoms. The molecule has 162 valence electrons. The van der Waals surface area contributed by atoms with Crippen molar-refractivity contribution >= 4 is 17.6 Å². The van der Waals surface area contributed by atoms with Crippen LogP contribution in [-0.4, -0.2) is 73.1 Å². The van der Waals surface area contributed by atoms with Crippen LogP contribution in [0.15, 0.2) is 35.4 Å². The molecule has 0 atom stereocenters. The van der Waals surface area contributed by atoms with E-state index in [0.29, 0.717) is 37.1 Å². The van der Waals surface area contributed by atoms with Gasteiger partial charge in [-0.1, -0.05) is 24.6 Å². The minimum atomic E-state index is -0.729. The normalized spacial score (nSPS) is 22.4. The Morgan fingerprint density at radius 2 is 1.70 bits per heavy atom. The van der Waals surface area contributed by atoms with E-state index in [2.05, 4.69) is 47.9 Å². The van der Waals surface area contributed by atoms with Crippen LogP contribution in [0.5, 0.6) is 0 Å². The molecule has 3 heterocycles. The Hall–Kier alpha value is -2.34. The predicted molar refractivity (Wildman–Crippen MR) is 117 cm³/mol. The quantitative estimate of drug-likeness (QED) is 0.716. The van der Waals surface area contributed by atoms with Crippen molar-refractivity contribution < 1.29 is 14.3 Å². The number of carbonyl (C=O) groups excluding carboxylic acids is 2. The number of esters is 1. The lowest BCUT2D eigenvalue weighted by Crippen LogP contribution is -2.49. The molecule has 0 saturated carbocycles. The number of aryl methyl sites for hydroxylation is 1. The van der Waals surface area contributed by atoms with Crippen LogP contribution >= 0.6 is 0 Å². The van der Waals surface area contributed by atoms with E-state index in [0.717, 1.165) is 39.1 Å². The van der Waals surface area contributed by atoms with E-state index < -0.39 is 5.60 Å². The first-order valence-electron chi connectivity index (χ1n) is 11.2. The largest absolute Gasteiger partial charge is 0.450 e. The molecule has 2 fully saturated rings. The summed E-state index contributed by atoms with van der Waals surface area (Å²) in [5.74, 6) is -0.326. The van der Waals surface area contributed by atoms with E-state index in [1.165, 1.54) is 11.3 Å². The Morgan fingerprint density at radius 3 is 2.37 bits per heavy atom. The Kier molecular flexibility index (Phi) is 5.87.